The summed E-state index contributed by atoms with van der Waals surface area (Å²) in [7, 11) is 1.67. The second kappa shape index (κ2) is 5.53. The lowest BCUT2D eigenvalue weighted by Gasteiger charge is -2.03. The molecular formula is C8H14N2O. The molecule has 0 rings (SSSR count). The average molecular weight is 154 g/mol. The SMILES string of the molecule is C=C(/C=C/N(C)C=O)NCC. The molecule has 0 aliphatic carbocycles. The number of hydrogen-bond donors (Lipinski definition) is 1. The third-order valence-electron chi connectivity index (χ3n) is 1.08. The molecule has 1 N–H and O–H groups in total. The first-order valence-corrected chi connectivity index (χ1v) is 3.49. The minimum Gasteiger partial charge on any atom is -0.386 e. The molecule has 0 unspecified atom stereocenters. The second-order valence-electron chi connectivity index (χ2n) is 2.14. The van der Waals surface area contributed by atoms with E-state index in [2.05, 4.69) is 11.9 Å². The lowest BCUT2D eigenvalue weighted by Crippen LogP contribution is -2.11. The van der Waals surface area contributed by atoms with E-state index in [1.807, 2.05) is 6.92 Å². The Morgan fingerprint density at radius 3 is 2.82 bits per heavy atom. The van der Waals surface area contributed by atoms with Gasteiger partial charge in [0.15, 0.2) is 0 Å². The van der Waals surface area contributed by atoms with Crippen LogP contribution in [0.4, 0.5) is 0 Å². The molecule has 0 aromatic carbocycles. The Morgan fingerprint density at radius 2 is 2.36 bits per heavy atom. The number of carbonyl (C=O) groups is 1. The third kappa shape index (κ3) is 5.21. The Balaban J connectivity index is 3.72. The third-order valence-corrected chi connectivity index (χ3v) is 1.08. The lowest BCUT2D eigenvalue weighted by atomic mass is 10.4. The van der Waals surface area contributed by atoms with Crippen molar-refractivity contribution in [3.63, 3.8) is 0 Å². The molecular weight excluding hydrogens is 140 g/mol. The summed E-state index contributed by atoms with van der Waals surface area (Å²) in [5.74, 6) is 0. The highest BCUT2D eigenvalue weighted by Gasteiger charge is 1.84. The standard InChI is InChI=1S/C8H14N2O/c1-4-9-8(2)5-6-10(3)7-11/h5-7,9H,2,4H2,1,3H3/b6-5+. The molecule has 0 saturated carbocycles. The quantitative estimate of drug-likeness (QED) is 0.467. The number of nitrogens with zero attached hydrogens (tertiary/aromatic N) is 1. The molecule has 0 radical (unpaired) electrons. The van der Waals surface area contributed by atoms with E-state index in [4.69, 9.17) is 0 Å². The van der Waals surface area contributed by atoms with Gasteiger partial charge in [0.25, 0.3) is 0 Å². The van der Waals surface area contributed by atoms with Crippen LogP contribution < -0.4 is 5.32 Å². The molecule has 0 spiro atoms. The Morgan fingerprint density at radius 1 is 1.73 bits per heavy atom. The number of amides is 1. The van der Waals surface area contributed by atoms with Gasteiger partial charge in [0.1, 0.15) is 0 Å². The second-order valence-corrected chi connectivity index (χ2v) is 2.14. The van der Waals surface area contributed by atoms with Crippen LogP contribution in [0.1, 0.15) is 6.92 Å². The summed E-state index contributed by atoms with van der Waals surface area (Å²) in [6, 6.07) is 0. The topological polar surface area (TPSA) is 32.3 Å². The minimum atomic E-state index is 0.732. The first kappa shape index (κ1) is 9.75. The van der Waals surface area contributed by atoms with Gasteiger partial charge < -0.3 is 10.2 Å². The van der Waals surface area contributed by atoms with Crippen molar-refractivity contribution in [2.45, 2.75) is 6.92 Å². The molecule has 0 bridgehead atoms. The highest BCUT2D eigenvalue weighted by atomic mass is 16.1. The molecule has 0 heterocycles. The van der Waals surface area contributed by atoms with Gasteiger partial charge in [-0.2, -0.15) is 0 Å². The van der Waals surface area contributed by atoms with Gasteiger partial charge in [0, 0.05) is 25.5 Å². The van der Waals surface area contributed by atoms with E-state index in [0.29, 0.717) is 0 Å². The molecule has 62 valence electrons. The fraction of sp³-hybridized carbons (Fsp3) is 0.375. The Kier molecular flexibility index (Phi) is 4.90. The van der Waals surface area contributed by atoms with Crippen LogP contribution in [0.3, 0.4) is 0 Å². The molecule has 0 aliphatic heterocycles. The highest BCUT2D eigenvalue weighted by molar-refractivity contribution is 5.48. The molecule has 1 amide bonds. The predicted octanol–water partition coefficient (Wildman–Crippen LogP) is 0.711. The van der Waals surface area contributed by atoms with Gasteiger partial charge in [-0.3, -0.25) is 4.79 Å². The maximum Gasteiger partial charge on any atom is 0.213 e. The number of carbonyl (C=O) groups excluding carboxylic acids is 1. The van der Waals surface area contributed by atoms with Gasteiger partial charge in [0.05, 0.1) is 0 Å². The van der Waals surface area contributed by atoms with E-state index in [1.54, 1.807) is 19.3 Å². The zero-order valence-electron chi connectivity index (χ0n) is 7.00. The zero-order chi connectivity index (χ0) is 8.69. The Labute approximate surface area is 67.4 Å². The molecule has 11 heavy (non-hydrogen) atoms. The van der Waals surface area contributed by atoms with Crippen molar-refractivity contribution in [2.24, 2.45) is 0 Å². The Bertz CT molecular complexity index is 163. The van der Waals surface area contributed by atoms with Crippen LogP contribution in [0.5, 0.6) is 0 Å². The molecule has 3 heteroatoms. The van der Waals surface area contributed by atoms with Crippen LogP contribution >= 0.6 is 0 Å². The van der Waals surface area contributed by atoms with E-state index in [1.165, 1.54) is 4.90 Å². The van der Waals surface area contributed by atoms with Crippen molar-refractivity contribution in [2.75, 3.05) is 13.6 Å². The van der Waals surface area contributed by atoms with E-state index in [9.17, 15) is 4.79 Å². The fourth-order valence-corrected chi connectivity index (χ4v) is 0.529. The first-order valence-electron chi connectivity index (χ1n) is 3.49. The maximum absolute atomic E-state index is 10.1. The summed E-state index contributed by atoms with van der Waals surface area (Å²) in [5, 5.41) is 3.00. The molecule has 0 aliphatic rings. The van der Waals surface area contributed by atoms with Crippen molar-refractivity contribution in [1.29, 1.82) is 0 Å². The summed E-state index contributed by atoms with van der Waals surface area (Å²) < 4.78 is 0. The Hall–Kier alpha value is -1.25. The monoisotopic (exact) mass is 154 g/mol. The van der Waals surface area contributed by atoms with Crippen LogP contribution in [-0.2, 0) is 4.79 Å². The van der Waals surface area contributed by atoms with Crippen LogP contribution in [0.25, 0.3) is 0 Å². The van der Waals surface area contributed by atoms with Crippen molar-refractivity contribution < 1.29 is 4.79 Å². The van der Waals surface area contributed by atoms with Crippen LogP contribution in [-0.4, -0.2) is 24.9 Å². The molecule has 0 saturated heterocycles. The average Bonchev–Trinajstić information content (AvgIpc) is 2.01. The summed E-state index contributed by atoms with van der Waals surface area (Å²) >= 11 is 0. The predicted molar refractivity (Wildman–Crippen MR) is 45.8 cm³/mol. The van der Waals surface area contributed by atoms with Crippen LogP contribution in [0.15, 0.2) is 24.6 Å². The smallest absolute Gasteiger partial charge is 0.213 e. The normalized spacial score (nSPS) is 9.64. The molecule has 0 fully saturated rings. The zero-order valence-corrected chi connectivity index (χ0v) is 7.00. The minimum absolute atomic E-state index is 0.732. The van der Waals surface area contributed by atoms with E-state index >= 15 is 0 Å². The molecule has 0 aromatic heterocycles. The van der Waals surface area contributed by atoms with Gasteiger partial charge in [0.2, 0.25) is 6.41 Å². The number of rotatable bonds is 5. The highest BCUT2D eigenvalue weighted by Crippen LogP contribution is 1.87. The van der Waals surface area contributed by atoms with Gasteiger partial charge in [-0.1, -0.05) is 6.58 Å². The van der Waals surface area contributed by atoms with Crippen molar-refractivity contribution in [1.82, 2.24) is 10.2 Å². The summed E-state index contributed by atoms with van der Waals surface area (Å²) in [4.78, 5) is 11.5. The van der Waals surface area contributed by atoms with Gasteiger partial charge in [-0.15, -0.1) is 0 Å². The summed E-state index contributed by atoms with van der Waals surface area (Å²) in [6.07, 6.45) is 4.13. The van der Waals surface area contributed by atoms with E-state index < -0.39 is 0 Å². The number of allylic oxidation sites excluding steroid dienone is 1. The number of nitrogens with one attached hydrogen (secondary N) is 1. The van der Waals surface area contributed by atoms with Crippen molar-refractivity contribution in [3.8, 4) is 0 Å². The van der Waals surface area contributed by atoms with Gasteiger partial charge in [-0.25, -0.2) is 0 Å². The molecule has 3 nitrogen and oxygen atoms in total. The fourth-order valence-electron chi connectivity index (χ4n) is 0.529. The van der Waals surface area contributed by atoms with Crippen molar-refractivity contribution in [3.05, 3.63) is 24.6 Å². The van der Waals surface area contributed by atoms with E-state index in [0.717, 1.165) is 18.7 Å². The largest absolute Gasteiger partial charge is 0.386 e. The maximum atomic E-state index is 10.1. The lowest BCUT2D eigenvalue weighted by molar-refractivity contribution is -0.114. The van der Waals surface area contributed by atoms with Crippen LogP contribution in [0.2, 0.25) is 0 Å². The number of likely N-dealkylation sites (N-methyl/N-ethyl adjacent to an activating group) is 1. The van der Waals surface area contributed by atoms with Crippen molar-refractivity contribution >= 4 is 6.41 Å². The first-order chi connectivity index (χ1) is 5.20. The molecule has 0 atom stereocenters. The summed E-state index contributed by atoms with van der Waals surface area (Å²) in [5.41, 5.74) is 0.807. The van der Waals surface area contributed by atoms with E-state index in [-0.39, 0.29) is 0 Å². The van der Waals surface area contributed by atoms with Gasteiger partial charge >= 0.3 is 0 Å². The van der Waals surface area contributed by atoms with Gasteiger partial charge in [-0.05, 0) is 13.0 Å². The molecule has 0 aromatic rings. The number of hydrogen-bond acceptors (Lipinski definition) is 2. The van der Waals surface area contributed by atoms with Crippen LogP contribution in [0, 0.1) is 0 Å². The summed E-state index contributed by atoms with van der Waals surface area (Å²) in [6.45, 7) is 6.54.